The molecule has 2 rings (SSSR count). The fourth-order valence-electron chi connectivity index (χ4n) is 1.33. The summed E-state index contributed by atoms with van der Waals surface area (Å²) in [4.78, 5) is 7.87. The maximum Gasteiger partial charge on any atom is 0.0739 e. The van der Waals surface area contributed by atoms with Crippen molar-refractivity contribution < 1.29 is 0 Å². The highest BCUT2D eigenvalue weighted by Gasteiger charge is 1.95. The molecular formula is C12H8N2S. The van der Waals surface area contributed by atoms with E-state index in [2.05, 4.69) is 27.4 Å². The van der Waals surface area contributed by atoms with Gasteiger partial charge in [-0.15, -0.1) is 0 Å². The molecule has 3 heteroatoms. The average molecular weight is 212 g/mol. The highest BCUT2D eigenvalue weighted by molar-refractivity contribution is 7.78. The van der Waals surface area contributed by atoms with Gasteiger partial charge in [-0.25, -0.2) is 0 Å². The van der Waals surface area contributed by atoms with Crippen molar-refractivity contribution in [2.75, 3.05) is 0 Å². The summed E-state index contributed by atoms with van der Waals surface area (Å²) in [6, 6.07) is 11.8. The Balaban J connectivity index is 2.36. The van der Waals surface area contributed by atoms with Crippen LogP contribution < -0.4 is 0 Å². The Morgan fingerprint density at radius 3 is 2.13 bits per heavy atom. The van der Waals surface area contributed by atoms with E-state index in [4.69, 9.17) is 0 Å². The van der Waals surface area contributed by atoms with Crippen LogP contribution in [-0.4, -0.2) is 10.1 Å². The van der Waals surface area contributed by atoms with Gasteiger partial charge in [-0.3, -0.25) is 4.98 Å². The smallest absolute Gasteiger partial charge is 0.0739 e. The number of benzene rings is 1. The number of isothiocyanates is 1. The molecule has 1 aromatic carbocycles. The number of pyridine rings is 1. The van der Waals surface area contributed by atoms with Crippen LogP contribution in [0.4, 0.5) is 5.69 Å². The molecule has 0 fully saturated rings. The van der Waals surface area contributed by atoms with E-state index in [0.29, 0.717) is 0 Å². The lowest BCUT2D eigenvalue weighted by Gasteiger charge is -2.00. The van der Waals surface area contributed by atoms with Crippen molar-refractivity contribution in [3.8, 4) is 11.1 Å². The monoisotopic (exact) mass is 212 g/mol. The highest BCUT2D eigenvalue weighted by atomic mass is 32.1. The molecule has 0 aliphatic rings. The van der Waals surface area contributed by atoms with Gasteiger partial charge in [-0.05, 0) is 47.6 Å². The van der Waals surface area contributed by atoms with E-state index in [1.54, 1.807) is 12.4 Å². The van der Waals surface area contributed by atoms with Crippen molar-refractivity contribution in [1.82, 2.24) is 4.98 Å². The molecule has 0 aliphatic carbocycles. The minimum absolute atomic E-state index is 0.822. The maximum atomic E-state index is 4.54. The topological polar surface area (TPSA) is 25.2 Å². The molecule has 0 amide bonds. The van der Waals surface area contributed by atoms with E-state index < -0.39 is 0 Å². The number of hydrogen-bond donors (Lipinski definition) is 0. The number of aliphatic imine (C=N–C) groups is 1. The number of hydrogen-bond acceptors (Lipinski definition) is 3. The Bertz CT molecular complexity index is 485. The zero-order valence-corrected chi connectivity index (χ0v) is 8.74. The minimum atomic E-state index is 0.822. The summed E-state index contributed by atoms with van der Waals surface area (Å²) in [7, 11) is 0. The van der Waals surface area contributed by atoms with Crippen LogP contribution in [0, 0.1) is 0 Å². The molecule has 0 aliphatic heterocycles. The number of rotatable bonds is 2. The van der Waals surface area contributed by atoms with Gasteiger partial charge < -0.3 is 0 Å². The summed E-state index contributed by atoms with van der Waals surface area (Å²) in [6.07, 6.45) is 3.55. The van der Waals surface area contributed by atoms with Gasteiger partial charge in [0.05, 0.1) is 10.8 Å². The molecule has 0 spiro atoms. The highest BCUT2D eigenvalue weighted by Crippen LogP contribution is 2.21. The van der Waals surface area contributed by atoms with Gasteiger partial charge >= 0.3 is 0 Å². The van der Waals surface area contributed by atoms with Gasteiger partial charge in [0.2, 0.25) is 0 Å². The second-order valence-electron chi connectivity index (χ2n) is 2.99. The van der Waals surface area contributed by atoms with Gasteiger partial charge in [0.1, 0.15) is 0 Å². The lowest BCUT2D eigenvalue weighted by molar-refractivity contribution is 1.33. The van der Waals surface area contributed by atoms with Crippen LogP contribution in [0.2, 0.25) is 0 Å². The third-order valence-electron chi connectivity index (χ3n) is 2.06. The van der Waals surface area contributed by atoms with Crippen molar-refractivity contribution in [3.63, 3.8) is 0 Å². The van der Waals surface area contributed by atoms with Gasteiger partial charge in [-0.1, -0.05) is 12.1 Å². The molecule has 72 valence electrons. The van der Waals surface area contributed by atoms with Crippen molar-refractivity contribution in [1.29, 1.82) is 0 Å². The van der Waals surface area contributed by atoms with Crippen LogP contribution in [0.25, 0.3) is 11.1 Å². The Hall–Kier alpha value is -1.83. The van der Waals surface area contributed by atoms with Crippen molar-refractivity contribution in [3.05, 3.63) is 48.8 Å². The van der Waals surface area contributed by atoms with Gasteiger partial charge in [-0.2, -0.15) is 4.99 Å². The van der Waals surface area contributed by atoms with E-state index in [-0.39, 0.29) is 0 Å². The van der Waals surface area contributed by atoms with Crippen LogP contribution in [0.1, 0.15) is 0 Å². The Morgan fingerprint density at radius 2 is 1.53 bits per heavy atom. The van der Waals surface area contributed by atoms with E-state index in [0.717, 1.165) is 16.8 Å². The molecule has 0 atom stereocenters. The van der Waals surface area contributed by atoms with Crippen LogP contribution in [0.5, 0.6) is 0 Å². The summed E-state index contributed by atoms with van der Waals surface area (Å²) in [5.41, 5.74) is 3.10. The third kappa shape index (κ3) is 2.34. The summed E-state index contributed by atoms with van der Waals surface area (Å²) in [6.45, 7) is 0. The first-order valence-electron chi connectivity index (χ1n) is 4.48. The largest absolute Gasteiger partial charge is 0.265 e. The summed E-state index contributed by atoms with van der Waals surface area (Å²) in [5, 5.41) is 2.34. The molecule has 0 unspecified atom stereocenters. The molecule has 1 aromatic heterocycles. The predicted octanol–water partition coefficient (Wildman–Crippen LogP) is 3.48. The fraction of sp³-hybridized carbons (Fsp3) is 0. The molecule has 2 aromatic rings. The molecule has 0 bridgehead atoms. The van der Waals surface area contributed by atoms with Crippen molar-refractivity contribution in [2.24, 2.45) is 4.99 Å². The predicted molar refractivity (Wildman–Crippen MR) is 64.4 cm³/mol. The standard InChI is InChI=1S/C12H8N2S/c15-9-14-12-3-1-10(2-4-12)11-5-7-13-8-6-11/h1-8H. The van der Waals surface area contributed by atoms with Gasteiger partial charge in [0.15, 0.2) is 0 Å². The summed E-state index contributed by atoms with van der Waals surface area (Å²) in [5.74, 6) is 0. The number of nitrogens with zero attached hydrogens (tertiary/aromatic N) is 2. The normalized spacial score (nSPS) is 9.33. The van der Waals surface area contributed by atoms with Crippen LogP contribution in [0.15, 0.2) is 53.8 Å². The SMILES string of the molecule is S=C=Nc1ccc(-c2ccncc2)cc1. The molecule has 0 saturated carbocycles. The van der Waals surface area contributed by atoms with Crippen LogP contribution in [-0.2, 0) is 0 Å². The third-order valence-corrected chi connectivity index (χ3v) is 2.15. The fourth-order valence-corrected chi connectivity index (χ4v) is 1.43. The molecule has 15 heavy (non-hydrogen) atoms. The Kier molecular flexibility index (Phi) is 2.98. The molecule has 0 radical (unpaired) electrons. The number of thiocarbonyl (C=S) groups is 1. The minimum Gasteiger partial charge on any atom is -0.265 e. The first-order chi connectivity index (χ1) is 7.40. The molecule has 2 nitrogen and oxygen atoms in total. The quantitative estimate of drug-likeness (QED) is 0.562. The molecular weight excluding hydrogens is 204 g/mol. The summed E-state index contributed by atoms with van der Waals surface area (Å²) < 4.78 is 0. The van der Waals surface area contributed by atoms with Crippen LogP contribution >= 0.6 is 12.2 Å². The Morgan fingerprint density at radius 1 is 0.933 bits per heavy atom. The molecule has 1 heterocycles. The zero-order valence-electron chi connectivity index (χ0n) is 7.92. The zero-order chi connectivity index (χ0) is 10.5. The lowest BCUT2D eigenvalue weighted by atomic mass is 10.1. The maximum absolute atomic E-state index is 4.54. The molecule has 0 N–H and O–H groups in total. The van der Waals surface area contributed by atoms with E-state index in [1.165, 1.54) is 0 Å². The van der Waals surface area contributed by atoms with Crippen molar-refractivity contribution in [2.45, 2.75) is 0 Å². The first kappa shape index (κ1) is 9.71. The van der Waals surface area contributed by atoms with Crippen molar-refractivity contribution >= 4 is 23.1 Å². The molecule has 0 saturated heterocycles. The van der Waals surface area contributed by atoms with E-state index in [1.807, 2.05) is 36.4 Å². The number of aromatic nitrogens is 1. The average Bonchev–Trinajstić information content (AvgIpc) is 2.32. The second kappa shape index (κ2) is 4.60. The Labute approximate surface area is 93.3 Å². The summed E-state index contributed by atoms with van der Waals surface area (Å²) >= 11 is 4.54. The van der Waals surface area contributed by atoms with E-state index in [9.17, 15) is 0 Å². The van der Waals surface area contributed by atoms with E-state index >= 15 is 0 Å². The van der Waals surface area contributed by atoms with Gasteiger partial charge in [0, 0.05) is 12.4 Å². The second-order valence-corrected chi connectivity index (χ2v) is 3.17. The lowest BCUT2D eigenvalue weighted by Crippen LogP contribution is -1.77. The van der Waals surface area contributed by atoms with Gasteiger partial charge in [0.25, 0.3) is 0 Å². The van der Waals surface area contributed by atoms with Crippen LogP contribution in [0.3, 0.4) is 0 Å². The first-order valence-corrected chi connectivity index (χ1v) is 4.89.